The maximum absolute atomic E-state index is 4.72. The number of allylic oxidation sites excluding steroid dienone is 12. The van der Waals surface area contributed by atoms with Gasteiger partial charge in [0.2, 0.25) is 0 Å². The van der Waals surface area contributed by atoms with Gasteiger partial charge in [-0.15, -0.1) is 0 Å². The van der Waals surface area contributed by atoms with Gasteiger partial charge < -0.3 is 0 Å². The van der Waals surface area contributed by atoms with Gasteiger partial charge in [-0.05, 0) is 152 Å². The normalized spacial score (nSPS) is 20.6. The highest BCUT2D eigenvalue weighted by atomic mass is 14.4. The van der Waals surface area contributed by atoms with Crippen molar-refractivity contribution in [3.63, 3.8) is 0 Å². The van der Waals surface area contributed by atoms with Crippen molar-refractivity contribution >= 4 is 22.3 Å². The van der Waals surface area contributed by atoms with E-state index in [4.69, 9.17) is 6.58 Å². The minimum Gasteiger partial charge on any atom is -0.0909 e. The highest BCUT2D eigenvalue weighted by Crippen LogP contribution is 2.50. The Labute approximate surface area is 303 Å². The lowest BCUT2D eigenvalue weighted by molar-refractivity contribution is 0.596. The van der Waals surface area contributed by atoms with Crippen molar-refractivity contribution in [2.45, 2.75) is 33.6 Å². The molecule has 0 nitrogen and oxygen atoms in total. The first-order valence-corrected chi connectivity index (χ1v) is 18.2. The van der Waals surface area contributed by atoms with Crippen LogP contribution in [0.2, 0.25) is 0 Å². The van der Waals surface area contributed by atoms with Crippen molar-refractivity contribution in [2.24, 2.45) is 11.8 Å². The fourth-order valence-electron chi connectivity index (χ4n) is 8.44. The Morgan fingerprint density at radius 1 is 0.569 bits per heavy atom. The summed E-state index contributed by atoms with van der Waals surface area (Å²) < 4.78 is 0. The van der Waals surface area contributed by atoms with Crippen molar-refractivity contribution in [1.29, 1.82) is 0 Å². The molecule has 2 atom stereocenters. The van der Waals surface area contributed by atoms with Gasteiger partial charge >= 0.3 is 0 Å². The number of hydrogen-bond acceptors (Lipinski definition) is 0. The molecule has 0 saturated heterocycles. The highest BCUT2D eigenvalue weighted by molar-refractivity contribution is 5.93. The Balaban J connectivity index is 1.11. The second-order valence-electron chi connectivity index (χ2n) is 14.3. The number of benzene rings is 5. The van der Waals surface area contributed by atoms with Crippen LogP contribution in [-0.2, 0) is 6.42 Å². The average molecular weight is 657 g/mol. The van der Waals surface area contributed by atoms with Crippen LogP contribution in [-0.4, -0.2) is 0 Å². The Morgan fingerprint density at radius 2 is 1.14 bits per heavy atom. The topological polar surface area (TPSA) is 0 Å². The van der Waals surface area contributed by atoms with E-state index >= 15 is 0 Å². The van der Waals surface area contributed by atoms with Gasteiger partial charge in [-0.3, -0.25) is 0 Å². The molecular formula is C51H44. The molecule has 0 bridgehead atoms. The Hall–Kier alpha value is -5.72. The first-order chi connectivity index (χ1) is 24.9. The zero-order chi connectivity index (χ0) is 35.1. The fraction of sp³-hybridized carbons (Fsp3) is 0.137. The molecule has 8 rings (SSSR count). The van der Waals surface area contributed by atoms with Crippen molar-refractivity contribution in [3.05, 3.63) is 215 Å². The molecule has 0 aliphatic heterocycles. The van der Waals surface area contributed by atoms with E-state index in [9.17, 15) is 0 Å². The van der Waals surface area contributed by atoms with Crippen molar-refractivity contribution in [3.8, 4) is 22.3 Å². The van der Waals surface area contributed by atoms with E-state index in [1.807, 2.05) is 0 Å². The van der Waals surface area contributed by atoms with Crippen LogP contribution in [0.3, 0.4) is 0 Å². The molecule has 5 aromatic carbocycles. The number of rotatable bonds is 6. The van der Waals surface area contributed by atoms with Crippen molar-refractivity contribution < 1.29 is 0 Å². The van der Waals surface area contributed by atoms with Crippen LogP contribution >= 0.6 is 0 Å². The first kappa shape index (κ1) is 32.5. The fourth-order valence-corrected chi connectivity index (χ4v) is 8.44. The second-order valence-corrected chi connectivity index (χ2v) is 14.3. The molecule has 0 heterocycles. The summed E-state index contributed by atoms with van der Waals surface area (Å²) in [4.78, 5) is 0. The van der Waals surface area contributed by atoms with E-state index in [0.29, 0.717) is 11.8 Å². The molecule has 51 heavy (non-hydrogen) atoms. The molecule has 1 saturated carbocycles. The largest absolute Gasteiger partial charge is 0.0909 e. The summed E-state index contributed by atoms with van der Waals surface area (Å²) in [5, 5.41) is 0. The van der Waals surface area contributed by atoms with Crippen LogP contribution in [0.25, 0.3) is 44.5 Å². The zero-order valence-corrected chi connectivity index (χ0v) is 29.9. The molecule has 3 aliphatic carbocycles. The van der Waals surface area contributed by atoms with Gasteiger partial charge in [-0.1, -0.05) is 147 Å². The molecule has 1 fully saturated rings. The second kappa shape index (κ2) is 13.5. The van der Waals surface area contributed by atoms with E-state index < -0.39 is 0 Å². The van der Waals surface area contributed by atoms with Gasteiger partial charge in [-0.2, -0.15) is 0 Å². The van der Waals surface area contributed by atoms with Crippen molar-refractivity contribution in [2.75, 3.05) is 0 Å². The van der Waals surface area contributed by atoms with E-state index in [0.717, 1.165) is 24.0 Å². The first-order valence-electron chi connectivity index (χ1n) is 18.2. The molecule has 0 spiro atoms. The molecule has 5 aromatic rings. The monoisotopic (exact) mass is 656 g/mol. The average Bonchev–Trinajstić information content (AvgIpc) is 3.75. The summed E-state index contributed by atoms with van der Waals surface area (Å²) in [6, 6.07) is 46.3. The zero-order valence-electron chi connectivity index (χ0n) is 29.9. The predicted octanol–water partition coefficient (Wildman–Crippen LogP) is 13.6. The van der Waals surface area contributed by atoms with E-state index in [1.54, 1.807) is 0 Å². The van der Waals surface area contributed by atoms with Crippen LogP contribution in [0, 0.1) is 11.8 Å². The third-order valence-corrected chi connectivity index (χ3v) is 11.4. The molecule has 0 radical (unpaired) electrons. The van der Waals surface area contributed by atoms with E-state index in [2.05, 4.69) is 179 Å². The molecule has 0 aromatic heterocycles. The van der Waals surface area contributed by atoms with Crippen LogP contribution in [0.15, 0.2) is 187 Å². The molecule has 0 amide bonds. The van der Waals surface area contributed by atoms with Crippen molar-refractivity contribution in [1.82, 2.24) is 0 Å². The Bertz CT molecular complexity index is 2360. The summed E-state index contributed by atoms with van der Waals surface area (Å²) in [5.41, 5.74) is 21.6. The molecule has 3 aliphatic rings. The lowest BCUT2D eigenvalue weighted by Gasteiger charge is -2.20. The van der Waals surface area contributed by atoms with Gasteiger partial charge in [0, 0.05) is 5.92 Å². The quantitative estimate of drug-likeness (QED) is 0.171. The third kappa shape index (κ3) is 6.06. The van der Waals surface area contributed by atoms with Gasteiger partial charge in [0.25, 0.3) is 0 Å². The minimum absolute atomic E-state index is 0.373. The number of fused-ring (bicyclic) bond motifs is 2. The summed E-state index contributed by atoms with van der Waals surface area (Å²) in [6.07, 6.45) is 11.2. The summed E-state index contributed by atoms with van der Waals surface area (Å²) >= 11 is 0. The molecule has 0 heteroatoms. The third-order valence-electron chi connectivity index (χ3n) is 11.4. The smallest absolute Gasteiger partial charge is 0.00928 e. The molecule has 248 valence electrons. The lowest BCUT2D eigenvalue weighted by Crippen LogP contribution is -2.07. The Kier molecular flexibility index (Phi) is 8.62. The van der Waals surface area contributed by atoms with Gasteiger partial charge in [-0.25, -0.2) is 0 Å². The molecular weight excluding hydrogens is 613 g/mol. The van der Waals surface area contributed by atoms with E-state index in [1.165, 1.54) is 83.5 Å². The van der Waals surface area contributed by atoms with Crippen LogP contribution < -0.4 is 0 Å². The lowest BCUT2D eigenvalue weighted by atomic mass is 9.84. The summed E-state index contributed by atoms with van der Waals surface area (Å²) in [7, 11) is 0. The number of hydrogen-bond donors (Lipinski definition) is 0. The standard InChI is InChI=1S/C51H44/c1-33(34(2)51-48-27-12-10-19-46(48)32-50(51)35(3)38-16-7-6-8-17-38)39-20-13-22-41(28-39)43-24-15-25-44(30-43)42-23-14-21-40(29-42)36(4)49-31-45-18-9-11-26-47(45)37(49)5/h6-30,46,48H,1,5,31-32H2,2-4H3/b49-36+,50-35+,51-34-. The predicted molar refractivity (Wildman–Crippen MR) is 220 cm³/mol. The van der Waals surface area contributed by atoms with Gasteiger partial charge in [0.1, 0.15) is 0 Å². The SMILES string of the molecule is C=C(/C(C)=C1\C(=C(/C)c2ccccc2)CC2C=CC=CC12)c1cccc(-c2cccc(-c3cccc(/C(C)=C4\Cc5ccccc5C4=C)c3)c2)c1. The molecule has 2 unspecified atom stereocenters. The van der Waals surface area contributed by atoms with Crippen LogP contribution in [0.5, 0.6) is 0 Å². The van der Waals surface area contributed by atoms with Crippen LogP contribution in [0.4, 0.5) is 0 Å². The molecule has 0 N–H and O–H groups in total. The van der Waals surface area contributed by atoms with Crippen LogP contribution in [0.1, 0.15) is 55.0 Å². The van der Waals surface area contributed by atoms with Gasteiger partial charge in [0.05, 0.1) is 0 Å². The summed E-state index contributed by atoms with van der Waals surface area (Å²) in [6.45, 7) is 16.0. The maximum atomic E-state index is 4.72. The van der Waals surface area contributed by atoms with Gasteiger partial charge in [0.15, 0.2) is 0 Å². The summed E-state index contributed by atoms with van der Waals surface area (Å²) in [5.74, 6) is 0.861. The Morgan fingerprint density at radius 3 is 1.86 bits per heavy atom. The minimum atomic E-state index is 0.373. The van der Waals surface area contributed by atoms with E-state index in [-0.39, 0.29) is 0 Å². The highest BCUT2D eigenvalue weighted by Gasteiger charge is 2.35. The maximum Gasteiger partial charge on any atom is 0.00928 e.